The van der Waals surface area contributed by atoms with Crippen molar-refractivity contribution >= 4 is 5.78 Å². The van der Waals surface area contributed by atoms with Crippen molar-refractivity contribution in [3.05, 3.63) is 0 Å². The summed E-state index contributed by atoms with van der Waals surface area (Å²) in [6, 6.07) is 0. The highest BCUT2D eigenvalue weighted by Crippen LogP contribution is 2.49. The van der Waals surface area contributed by atoms with Gasteiger partial charge in [0.15, 0.2) is 0 Å². The molecule has 56 valence electrons. The first-order valence-electron chi connectivity index (χ1n) is 4.23. The van der Waals surface area contributed by atoms with Crippen LogP contribution in [0.4, 0.5) is 0 Å². The molecule has 2 aliphatic rings. The first kappa shape index (κ1) is 6.38. The summed E-state index contributed by atoms with van der Waals surface area (Å²) in [6.45, 7) is 4.52. The maximum Gasteiger partial charge on any atom is 0.136 e. The molecule has 0 aromatic heterocycles. The Morgan fingerprint density at radius 3 is 2.40 bits per heavy atom. The number of hydrogen-bond acceptors (Lipinski definition) is 1. The lowest BCUT2D eigenvalue weighted by Crippen LogP contribution is -2.23. The van der Waals surface area contributed by atoms with Crippen molar-refractivity contribution in [2.75, 3.05) is 0 Å². The average Bonchev–Trinajstić information content (AvgIpc) is 2.36. The average molecular weight is 138 g/mol. The molecule has 0 radical (unpaired) electrons. The summed E-state index contributed by atoms with van der Waals surface area (Å²) in [4.78, 5) is 11.2. The van der Waals surface area contributed by atoms with E-state index in [1.165, 1.54) is 6.42 Å². The Bertz CT molecular complexity index is 172. The molecule has 2 saturated carbocycles. The van der Waals surface area contributed by atoms with E-state index in [4.69, 9.17) is 0 Å². The van der Waals surface area contributed by atoms with Crippen molar-refractivity contribution in [3.63, 3.8) is 0 Å². The molecule has 2 fully saturated rings. The Morgan fingerprint density at radius 2 is 2.00 bits per heavy atom. The van der Waals surface area contributed by atoms with Gasteiger partial charge in [-0.1, -0.05) is 13.8 Å². The molecule has 4 atom stereocenters. The number of carbonyl (C=O) groups is 1. The maximum absolute atomic E-state index is 11.2. The van der Waals surface area contributed by atoms with E-state index in [2.05, 4.69) is 13.8 Å². The van der Waals surface area contributed by atoms with Gasteiger partial charge in [-0.05, 0) is 24.2 Å². The fraction of sp³-hybridized carbons (Fsp3) is 0.889. The van der Waals surface area contributed by atoms with Gasteiger partial charge in [0.25, 0.3) is 0 Å². The summed E-state index contributed by atoms with van der Waals surface area (Å²) in [5.41, 5.74) is 0. The zero-order valence-electron chi connectivity index (χ0n) is 6.63. The fourth-order valence-electron chi connectivity index (χ4n) is 2.65. The van der Waals surface area contributed by atoms with E-state index in [1.807, 2.05) is 0 Å². The van der Waals surface area contributed by atoms with Gasteiger partial charge >= 0.3 is 0 Å². The lowest BCUT2D eigenvalue weighted by Gasteiger charge is -2.23. The zero-order chi connectivity index (χ0) is 7.30. The van der Waals surface area contributed by atoms with Crippen LogP contribution in [0.2, 0.25) is 0 Å². The van der Waals surface area contributed by atoms with Gasteiger partial charge in [0, 0.05) is 12.3 Å². The van der Waals surface area contributed by atoms with E-state index >= 15 is 0 Å². The van der Waals surface area contributed by atoms with Crippen LogP contribution in [0.25, 0.3) is 0 Å². The van der Waals surface area contributed by atoms with Gasteiger partial charge in [0.2, 0.25) is 0 Å². The monoisotopic (exact) mass is 138 g/mol. The van der Waals surface area contributed by atoms with E-state index in [1.54, 1.807) is 0 Å². The summed E-state index contributed by atoms with van der Waals surface area (Å²) in [7, 11) is 0. The highest BCUT2D eigenvalue weighted by molar-refractivity contribution is 5.84. The second-order valence-electron chi connectivity index (χ2n) is 3.99. The molecule has 0 aromatic rings. The SMILES string of the molecule is CC1C2CC(=O)C(C2)C1C. The largest absolute Gasteiger partial charge is 0.299 e. The van der Waals surface area contributed by atoms with Crippen molar-refractivity contribution in [2.24, 2.45) is 23.7 Å². The lowest BCUT2D eigenvalue weighted by atomic mass is 9.81. The van der Waals surface area contributed by atoms with Gasteiger partial charge in [0.1, 0.15) is 5.78 Å². The minimum absolute atomic E-state index is 0.444. The molecule has 2 rings (SSSR count). The molecular weight excluding hydrogens is 124 g/mol. The molecule has 0 aliphatic heterocycles. The van der Waals surface area contributed by atoms with E-state index in [9.17, 15) is 4.79 Å². The van der Waals surface area contributed by atoms with Crippen molar-refractivity contribution < 1.29 is 4.79 Å². The Kier molecular flexibility index (Phi) is 1.17. The first-order chi connectivity index (χ1) is 4.70. The second kappa shape index (κ2) is 1.84. The summed E-state index contributed by atoms with van der Waals surface area (Å²) in [5.74, 6) is 3.21. The van der Waals surface area contributed by atoms with E-state index in [0.29, 0.717) is 17.6 Å². The molecule has 1 nitrogen and oxygen atoms in total. The van der Waals surface area contributed by atoms with Crippen LogP contribution in [-0.2, 0) is 4.79 Å². The van der Waals surface area contributed by atoms with Crippen LogP contribution in [-0.4, -0.2) is 5.78 Å². The molecule has 1 heteroatoms. The minimum Gasteiger partial charge on any atom is -0.299 e. The van der Waals surface area contributed by atoms with Gasteiger partial charge in [-0.25, -0.2) is 0 Å². The molecule has 0 spiro atoms. The topological polar surface area (TPSA) is 17.1 Å². The highest BCUT2D eigenvalue weighted by Gasteiger charge is 2.47. The minimum atomic E-state index is 0.444. The van der Waals surface area contributed by atoms with Crippen molar-refractivity contribution in [1.82, 2.24) is 0 Å². The predicted octanol–water partition coefficient (Wildman–Crippen LogP) is 1.87. The van der Waals surface area contributed by atoms with Gasteiger partial charge in [-0.3, -0.25) is 4.79 Å². The standard InChI is InChI=1S/C9H14O/c1-5-6(2)8-3-7(5)4-9(8)10/h5-8H,3-4H2,1-2H3. The van der Waals surface area contributed by atoms with Crippen molar-refractivity contribution in [2.45, 2.75) is 26.7 Å². The van der Waals surface area contributed by atoms with Crippen LogP contribution >= 0.6 is 0 Å². The maximum atomic E-state index is 11.2. The van der Waals surface area contributed by atoms with Crippen LogP contribution < -0.4 is 0 Å². The molecule has 0 amide bonds. The number of rotatable bonds is 0. The van der Waals surface area contributed by atoms with Crippen LogP contribution in [0.5, 0.6) is 0 Å². The molecule has 0 N–H and O–H groups in total. The van der Waals surface area contributed by atoms with E-state index < -0.39 is 0 Å². The summed E-state index contributed by atoms with van der Waals surface area (Å²) >= 11 is 0. The quantitative estimate of drug-likeness (QED) is 0.499. The Hall–Kier alpha value is -0.330. The highest BCUT2D eigenvalue weighted by atomic mass is 16.1. The number of hydrogen-bond donors (Lipinski definition) is 0. The molecular formula is C9H14O. The van der Waals surface area contributed by atoms with Gasteiger partial charge < -0.3 is 0 Å². The number of fused-ring (bicyclic) bond motifs is 2. The molecule has 4 unspecified atom stereocenters. The van der Waals surface area contributed by atoms with Crippen molar-refractivity contribution in [3.8, 4) is 0 Å². The third-order valence-corrected chi connectivity index (χ3v) is 3.64. The first-order valence-corrected chi connectivity index (χ1v) is 4.23. The fourth-order valence-corrected chi connectivity index (χ4v) is 2.65. The Morgan fingerprint density at radius 1 is 1.30 bits per heavy atom. The normalized spacial score (nSPS) is 52.4. The lowest BCUT2D eigenvalue weighted by molar-refractivity contribution is -0.123. The third-order valence-electron chi connectivity index (χ3n) is 3.64. The van der Waals surface area contributed by atoms with Gasteiger partial charge in [-0.15, -0.1) is 0 Å². The second-order valence-corrected chi connectivity index (χ2v) is 3.99. The van der Waals surface area contributed by atoms with E-state index in [0.717, 1.165) is 18.3 Å². The zero-order valence-corrected chi connectivity index (χ0v) is 6.63. The van der Waals surface area contributed by atoms with Crippen molar-refractivity contribution in [1.29, 1.82) is 0 Å². The molecule has 0 heterocycles. The molecule has 10 heavy (non-hydrogen) atoms. The summed E-state index contributed by atoms with van der Waals surface area (Å²) in [5, 5.41) is 0. The third kappa shape index (κ3) is 0.609. The van der Waals surface area contributed by atoms with Crippen LogP contribution in [0.1, 0.15) is 26.7 Å². The smallest absolute Gasteiger partial charge is 0.136 e. The number of carbonyl (C=O) groups excluding carboxylic acids is 1. The van der Waals surface area contributed by atoms with Gasteiger partial charge in [-0.2, -0.15) is 0 Å². The Labute approximate surface area is 61.8 Å². The molecule has 0 aromatic carbocycles. The Balaban J connectivity index is 2.24. The van der Waals surface area contributed by atoms with E-state index in [-0.39, 0.29) is 0 Å². The molecule has 2 bridgehead atoms. The number of Topliss-reactive ketones (excluding diaryl/α,β-unsaturated/α-hetero) is 1. The van der Waals surface area contributed by atoms with Gasteiger partial charge in [0.05, 0.1) is 0 Å². The molecule has 0 saturated heterocycles. The van der Waals surface area contributed by atoms with Crippen LogP contribution in [0, 0.1) is 23.7 Å². The number of ketones is 1. The summed E-state index contributed by atoms with van der Waals surface area (Å²) < 4.78 is 0. The summed E-state index contributed by atoms with van der Waals surface area (Å²) in [6.07, 6.45) is 2.08. The predicted molar refractivity (Wildman–Crippen MR) is 39.5 cm³/mol. The van der Waals surface area contributed by atoms with Crippen LogP contribution in [0.3, 0.4) is 0 Å². The van der Waals surface area contributed by atoms with Crippen LogP contribution in [0.15, 0.2) is 0 Å². The molecule has 2 aliphatic carbocycles.